The fourth-order valence-electron chi connectivity index (χ4n) is 2.62. The Morgan fingerprint density at radius 3 is 2.46 bits per heavy atom. The van der Waals surface area contributed by atoms with Gasteiger partial charge in [-0.25, -0.2) is 0 Å². The van der Waals surface area contributed by atoms with E-state index >= 15 is 0 Å². The third-order valence-electron chi connectivity index (χ3n) is 4.26. The summed E-state index contributed by atoms with van der Waals surface area (Å²) in [6, 6.07) is 18.0. The van der Waals surface area contributed by atoms with Gasteiger partial charge in [0.1, 0.15) is 11.4 Å². The summed E-state index contributed by atoms with van der Waals surface area (Å²) >= 11 is 0. The van der Waals surface area contributed by atoms with Crippen molar-refractivity contribution < 1.29 is 14.3 Å². The van der Waals surface area contributed by atoms with Crippen LogP contribution in [0.15, 0.2) is 66.9 Å². The Balaban J connectivity index is 1.65. The lowest BCUT2D eigenvalue weighted by Gasteiger charge is -2.09. The Morgan fingerprint density at radius 2 is 1.75 bits per heavy atom. The number of amides is 2. The van der Waals surface area contributed by atoms with Crippen molar-refractivity contribution in [1.82, 2.24) is 10.3 Å². The monoisotopic (exact) mass is 375 g/mol. The minimum atomic E-state index is -0.346. The Hall–Kier alpha value is -3.67. The second-order valence-electron chi connectivity index (χ2n) is 6.23. The van der Waals surface area contributed by atoms with Gasteiger partial charge in [0.05, 0.1) is 7.11 Å². The van der Waals surface area contributed by atoms with Crippen LogP contribution in [0, 0.1) is 6.92 Å². The number of aromatic nitrogens is 1. The van der Waals surface area contributed by atoms with Crippen molar-refractivity contribution >= 4 is 17.5 Å². The molecule has 0 aliphatic heterocycles. The van der Waals surface area contributed by atoms with Crippen molar-refractivity contribution in [3.63, 3.8) is 0 Å². The molecular weight excluding hydrogens is 354 g/mol. The van der Waals surface area contributed by atoms with Gasteiger partial charge in [-0.15, -0.1) is 0 Å². The lowest BCUT2D eigenvalue weighted by molar-refractivity contribution is 0.0946. The van der Waals surface area contributed by atoms with Crippen LogP contribution in [0.3, 0.4) is 0 Å². The fraction of sp³-hybridized carbons (Fsp3) is 0.136. The maximum Gasteiger partial charge on any atom is 0.270 e. The van der Waals surface area contributed by atoms with Crippen LogP contribution in [0.1, 0.15) is 32.0 Å². The number of hydrogen-bond donors (Lipinski definition) is 2. The van der Waals surface area contributed by atoms with Crippen LogP contribution in [0.2, 0.25) is 0 Å². The number of anilines is 1. The molecule has 1 aromatic heterocycles. The number of methoxy groups -OCH3 is 1. The van der Waals surface area contributed by atoms with Gasteiger partial charge >= 0.3 is 0 Å². The maximum absolute atomic E-state index is 12.5. The maximum atomic E-state index is 12.5. The second kappa shape index (κ2) is 8.81. The summed E-state index contributed by atoms with van der Waals surface area (Å²) in [6.07, 6.45) is 1.45. The minimum absolute atomic E-state index is 0.186. The van der Waals surface area contributed by atoms with Crippen LogP contribution >= 0.6 is 0 Å². The molecule has 0 saturated heterocycles. The summed E-state index contributed by atoms with van der Waals surface area (Å²) in [5.41, 5.74) is 3.18. The molecular formula is C22H21N3O3. The van der Waals surface area contributed by atoms with E-state index in [4.69, 9.17) is 4.74 Å². The molecule has 2 amide bonds. The number of nitrogens with zero attached hydrogens (tertiary/aromatic N) is 1. The highest BCUT2D eigenvalue weighted by molar-refractivity contribution is 6.06. The topological polar surface area (TPSA) is 80.3 Å². The Morgan fingerprint density at radius 1 is 1.00 bits per heavy atom. The van der Waals surface area contributed by atoms with Crippen molar-refractivity contribution in [3.8, 4) is 5.75 Å². The predicted molar refractivity (Wildman–Crippen MR) is 108 cm³/mol. The molecule has 0 unspecified atom stereocenters. The van der Waals surface area contributed by atoms with Crippen molar-refractivity contribution in [2.45, 2.75) is 13.5 Å². The summed E-state index contributed by atoms with van der Waals surface area (Å²) in [4.78, 5) is 29.0. The van der Waals surface area contributed by atoms with Crippen LogP contribution in [-0.4, -0.2) is 23.9 Å². The third-order valence-corrected chi connectivity index (χ3v) is 4.26. The molecule has 0 bridgehead atoms. The molecule has 6 nitrogen and oxygen atoms in total. The fourth-order valence-corrected chi connectivity index (χ4v) is 2.62. The lowest BCUT2D eigenvalue weighted by atomic mass is 10.1. The van der Waals surface area contributed by atoms with E-state index in [0.717, 1.165) is 22.6 Å². The third kappa shape index (κ3) is 4.73. The van der Waals surface area contributed by atoms with Crippen molar-refractivity contribution in [3.05, 3.63) is 89.2 Å². The summed E-state index contributed by atoms with van der Waals surface area (Å²) in [5.74, 6) is 0.117. The molecule has 142 valence electrons. The van der Waals surface area contributed by atoms with Gasteiger partial charge in [-0.2, -0.15) is 0 Å². The van der Waals surface area contributed by atoms with Crippen LogP contribution in [0.5, 0.6) is 5.75 Å². The number of ether oxygens (including phenoxy) is 1. The molecule has 0 spiro atoms. The van der Waals surface area contributed by atoms with Crippen molar-refractivity contribution in [2.24, 2.45) is 0 Å². The number of para-hydroxylation sites is 1. The highest BCUT2D eigenvalue weighted by Crippen LogP contribution is 2.15. The molecule has 0 saturated carbocycles. The first-order chi connectivity index (χ1) is 13.6. The summed E-state index contributed by atoms with van der Waals surface area (Å²) in [6.45, 7) is 2.27. The molecule has 3 aromatic rings. The Bertz CT molecular complexity index is 984. The normalized spacial score (nSPS) is 10.2. The van der Waals surface area contributed by atoms with E-state index in [0.29, 0.717) is 12.1 Å². The van der Waals surface area contributed by atoms with Gasteiger partial charge < -0.3 is 15.4 Å². The molecule has 0 atom stereocenters. The Labute approximate surface area is 163 Å². The van der Waals surface area contributed by atoms with Gasteiger partial charge in [-0.1, -0.05) is 30.3 Å². The van der Waals surface area contributed by atoms with E-state index in [1.54, 1.807) is 13.2 Å². The summed E-state index contributed by atoms with van der Waals surface area (Å²) in [5, 5.41) is 5.65. The first kappa shape index (κ1) is 19.1. The first-order valence-electron chi connectivity index (χ1n) is 8.81. The highest BCUT2D eigenvalue weighted by atomic mass is 16.5. The highest BCUT2D eigenvalue weighted by Gasteiger charge is 2.12. The molecule has 0 aliphatic rings. The zero-order chi connectivity index (χ0) is 19.9. The molecule has 0 aliphatic carbocycles. The first-order valence-corrected chi connectivity index (χ1v) is 8.81. The quantitative estimate of drug-likeness (QED) is 0.690. The number of carbonyl (C=O) groups is 2. The number of hydrogen-bond acceptors (Lipinski definition) is 4. The molecule has 28 heavy (non-hydrogen) atoms. The Kier molecular flexibility index (Phi) is 6.01. The summed E-state index contributed by atoms with van der Waals surface area (Å²) in [7, 11) is 1.60. The standard InChI is InChI=1S/C22H21N3O3/c1-15-5-3-4-6-19(15)25-21(26)17-11-12-23-20(13-17)22(27)24-14-16-7-9-18(28-2)10-8-16/h3-13H,14H2,1-2H3,(H,24,27)(H,25,26). The average Bonchev–Trinajstić information content (AvgIpc) is 2.74. The van der Waals surface area contributed by atoms with E-state index in [1.807, 2.05) is 55.5 Å². The number of aryl methyl sites for hydroxylation is 1. The van der Waals surface area contributed by atoms with E-state index in [1.165, 1.54) is 12.3 Å². The minimum Gasteiger partial charge on any atom is -0.497 e. The molecule has 2 N–H and O–H groups in total. The molecule has 6 heteroatoms. The zero-order valence-corrected chi connectivity index (χ0v) is 15.7. The average molecular weight is 375 g/mol. The van der Waals surface area contributed by atoms with Crippen molar-refractivity contribution in [1.29, 1.82) is 0 Å². The van der Waals surface area contributed by atoms with E-state index < -0.39 is 0 Å². The SMILES string of the molecule is COc1ccc(CNC(=O)c2cc(C(=O)Nc3ccccc3C)ccn2)cc1. The van der Waals surface area contributed by atoms with Gasteiger partial charge in [0.25, 0.3) is 11.8 Å². The number of carbonyl (C=O) groups excluding carboxylic acids is 2. The van der Waals surface area contributed by atoms with Gasteiger partial charge in [-0.05, 0) is 48.4 Å². The zero-order valence-electron chi connectivity index (χ0n) is 15.7. The van der Waals surface area contributed by atoms with Crippen molar-refractivity contribution in [2.75, 3.05) is 12.4 Å². The molecule has 3 rings (SSSR count). The number of benzene rings is 2. The van der Waals surface area contributed by atoms with E-state index in [2.05, 4.69) is 15.6 Å². The van der Waals surface area contributed by atoms with Gasteiger partial charge in [0, 0.05) is 24.0 Å². The molecule has 0 fully saturated rings. The number of pyridine rings is 1. The van der Waals surface area contributed by atoms with Crippen LogP contribution < -0.4 is 15.4 Å². The molecule has 2 aromatic carbocycles. The van der Waals surface area contributed by atoms with Crippen LogP contribution in [0.25, 0.3) is 0 Å². The molecule has 0 radical (unpaired) electrons. The smallest absolute Gasteiger partial charge is 0.270 e. The summed E-state index contributed by atoms with van der Waals surface area (Å²) < 4.78 is 5.11. The predicted octanol–water partition coefficient (Wildman–Crippen LogP) is 3.58. The van der Waals surface area contributed by atoms with E-state index in [9.17, 15) is 9.59 Å². The number of rotatable bonds is 6. The van der Waals surface area contributed by atoms with Crippen LogP contribution in [-0.2, 0) is 6.54 Å². The van der Waals surface area contributed by atoms with Gasteiger partial charge in [-0.3, -0.25) is 14.6 Å². The largest absolute Gasteiger partial charge is 0.497 e. The lowest BCUT2D eigenvalue weighted by Crippen LogP contribution is -2.24. The molecule has 1 heterocycles. The van der Waals surface area contributed by atoms with Gasteiger partial charge in [0.2, 0.25) is 0 Å². The van der Waals surface area contributed by atoms with E-state index in [-0.39, 0.29) is 17.5 Å². The van der Waals surface area contributed by atoms with Gasteiger partial charge in [0.15, 0.2) is 0 Å². The second-order valence-corrected chi connectivity index (χ2v) is 6.23. The van der Waals surface area contributed by atoms with Crippen LogP contribution in [0.4, 0.5) is 5.69 Å². The number of nitrogens with one attached hydrogen (secondary N) is 2.